The fourth-order valence-electron chi connectivity index (χ4n) is 9.42. The molecule has 12 heteroatoms. The van der Waals surface area contributed by atoms with Crippen LogP contribution in [0.25, 0.3) is 0 Å². The Morgan fingerprint density at radius 1 is 0.629 bits per heavy atom. The van der Waals surface area contributed by atoms with Gasteiger partial charge < -0.3 is 38.5 Å². The van der Waals surface area contributed by atoms with Crippen LogP contribution < -0.4 is 19.8 Å². The van der Waals surface area contributed by atoms with Crippen molar-refractivity contribution in [2.45, 2.75) is 132 Å². The lowest BCUT2D eigenvalue weighted by molar-refractivity contribution is -0.160. The van der Waals surface area contributed by atoms with Crippen molar-refractivity contribution in [2.75, 3.05) is 33.0 Å². The van der Waals surface area contributed by atoms with Crippen molar-refractivity contribution >= 4 is 11.9 Å². The summed E-state index contributed by atoms with van der Waals surface area (Å²) in [7, 11) is 0. The second kappa shape index (κ2) is 21.7. The molecule has 2 saturated heterocycles. The first kappa shape index (κ1) is 44.8. The average molecular weight is 851 g/mol. The molecule has 2 N–H and O–H groups in total. The number of rotatable bonds is 17. The zero-order valence-electron chi connectivity index (χ0n) is 35.8. The highest BCUT2D eigenvalue weighted by molar-refractivity contribution is 5.78. The van der Waals surface area contributed by atoms with Gasteiger partial charge in [0.15, 0.2) is 11.2 Å². The summed E-state index contributed by atoms with van der Waals surface area (Å²) >= 11 is 0. The normalized spacial score (nSPS) is 21.7. The maximum Gasteiger partial charge on any atom is 0.336 e. The number of hydrogen-bond donors (Lipinski definition) is 2. The van der Waals surface area contributed by atoms with Gasteiger partial charge >= 0.3 is 11.9 Å². The number of hydrogen-bond acceptors (Lipinski definition) is 9. The van der Waals surface area contributed by atoms with E-state index in [1.165, 1.54) is 81.4 Å². The molecule has 2 atom stereocenters. The van der Waals surface area contributed by atoms with Gasteiger partial charge in [-0.05, 0) is 122 Å². The maximum atomic E-state index is 12.5. The van der Waals surface area contributed by atoms with Gasteiger partial charge in [-0.2, -0.15) is 0 Å². The van der Waals surface area contributed by atoms with Gasteiger partial charge in [-0.25, -0.2) is 14.6 Å². The van der Waals surface area contributed by atoms with Gasteiger partial charge in [-0.3, -0.25) is 4.79 Å². The predicted octanol–water partition coefficient (Wildman–Crippen LogP) is 8.91. The number of carboxylic acids is 2. The van der Waals surface area contributed by atoms with E-state index in [-0.39, 0.29) is 12.0 Å². The number of aromatic nitrogens is 2. The first-order valence-electron chi connectivity index (χ1n) is 22.7. The second-order valence-electron chi connectivity index (χ2n) is 17.3. The third-order valence-electron chi connectivity index (χ3n) is 12.9. The highest BCUT2D eigenvalue weighted by atomic mass is 16.5. The summed E-state index contributed by atoms with van der Waals surface area (Å²) in [6.07, 6.45) is 19.5. The Hall–Kier alpha value is -5.20. The van der Waals surface area contributed by atoms with E-state index >= 15 is 0 Å². The number of carbonyl (C=O) groups is 2. The molecule has 8 rings (SSSR count). The van der Waals surface area contributed by atoms with Crippen LogP contribution in [-0.4, -0.2) is 75.9 Å². The molecule has 0 radical (unpaired) electrons. The van der Waals surface area contributed by atoms with Crippen molar-refractivity contribution in [3.8, 4) is 17.4 Å². The molecule has 332 valence electrons. The first-order chi connectivity index (χ1) is 30.2. The third-order valence-corrected chi connectivity index (χ3v) is 12.9. The summed E-state index contributed by atoms with van der Waals surface area (Å²) in [5.74, 6) is 1.61. The van der Waals surface area contributed by atoms with Crippen molar-refractivity contribution in [1.82, 2.24) is 9.55 Å². The summed E-state index contributed by atoms with van der Waals surface area (Å²) in [4.78, 5) is 40.0. The summed E-state index contributed by atoms with van der Waals surface area (Å²) in [5, 5.41) is 19.1. The molecule has 4 fully saturated rings. The quantitative estimate of drug-likeness (QED) is 0.0979. The fraction of sp³-hybridized carbons (Fsp3) is 0.520. The van der Waals surface area contributed by atoms with Gasteiger partial charge in [0.05, 0.1) is 6.54 Å². The molecule has 2 aromatic heterocycles. The highest BCUT2D eigenvalue weighted by Gasteiger charge is 2.44. The van der Waals surface area contributed by atoms with Crippen LogP contribution in [-0.2, 0) is 38.4 Å². The van der Waals surface area contributed by atoms with Crippen molar-refractivity contribution in [3.05, 3.63) is 118 Å². The molecule has 2 aliphatic heterocycles. The van der Waals surface area contributed by atoms with E-state index in [0.717, 1.165) is 29.9 Å². The van der Waals surface area contributed by atoms with Crippen LogP contribution >= 0.6 is 0 Å². The lowest BCUT2D eigenvalue weighted by Crippen LogP contribution is -2.40. The topological polar surface area (TPSA) is 156 Å². The van der Waals surface area contributed by atoms with Crippen molar-refractivity contribution in [2.24, 2.45) is 0 Å². The fourth-order valence-corrected chi connectivity index (χ4v) is 9.42. The molecule has 2 unspecified atom stereocenters. The molecule has 4 aromatic rings. The van der Waals surface area contributed by atoms with E-state index in [0.29, 0.717) is 82.1 Å². The van der Waals surface area contributed by atoms with Crippen LogP contribution in [0.15, 0.2) is 90.0 Å². The molecule has 0 amide bonds. The molecule has 62 heavy (non-hydrogen) atoms. The van der Waals surface area contributed by atoms with E-state index in [9.17, 15) is 24.6 Å². The minimum Gasteiger partial charge on any atom is -0.492 e. The van der Waals surface area contributed by atoms with Gasteiger partial charge in [0.2, 0.25) is 5.88 Å². The molecule has 4 aliphatic rings. The zero-order valence-corrected chi connectivity index (χ0v) is 35.8. The molecule has 2 saturated carbocycles. The van der Waals surface area contributed by atoms with Gasteiger partial charge in [0.1, 0.15) is 31.3 Å². The minimum atomic E-state index is -1.20. The largest absolute Gasteiger partial charge is 0.492 e. The van der Waals surface area contributed by atoms with Crippen molar-refractivity contribution < 1.29 is 43.5 Å². The third kappa shape index (κ3) is 12.0. The Kier molecular flexibility index (Phi) is 15.7. The summed E-state index contributed by atoms with van der Waals surface area (Å²) < 4.78 is 30.0. The van der Waals surface area contributed by atoms with Crippen LogP contribution in [0, 0.1) is 0 Å². The van der Waals surface area contributed by atoms with Gasteiger partial charge in [0, 0.05) is 50.6 Å². The SMILES string of the molecule is O=C(O)C1(Cc2ccn(CCOc3ccc(C4CCCCC4)cc3)c(=O)c2)CCCO1.O=C(O)C1(Cc2ccnc(OCCOc3ccc(C4CCCCC4)cc3)c2)CCCO1. The van der Waals surface area contributed by atoms with Crippen molar-refractivity contribution in [1.29, 1.82) is 0 Å². The number of aliphatic carboxylic acids is 2. The first-order valence-corrected chi connectivity index (χ1v) is 22.7. The Morgan fingerprint density at radius 2 is 1.13 bits per heavy atom. The van der Waals surface area contributed by atoms with E-state index in [1.807, 2.05) is 30.3 Å². The number of ether oxygens (including phenoxy) is 5. The number of nitrogens with zero attached hydrogens (tertiary/aromatic N) is 2. The Balaban J connectivity index is 0.000000186. The van der Waals surface area contributed by atoms with Crippen LogP contribution in [0.3, 0.4) is 0 Å². The summed E-state index contributed by atoms with van der Waals surface area (Å²) in [6.45, 7) is 2.54. The zero-order chi connectivity index (χ0) is 43.2. The van der Waals surface area contributed by atoms with Crippen molar-refractivity contribution in [3.63, 3.8) is 0 Å². The number of benzene rings is 2. The summed E-state index contributed by atoms with van der Waals surface area (Å²) in [6, 6.07) is 23.7. The van der Waals surface area contributed by atoms with E-state index in [1.54, 1.807) is 29.1 Å². The highest BCUT2D eigenvalue weighted by Crippen LogP contribution is 2.35. The van der Waals surface area contributed by atoms with E-state index < -0.39 is 23.1 Å². The van der Waals surface area contributed by atoms with Gasteiger partial charge in [-0.15, -0.1) is 0 Å². The Bertz CT molecular complexity index is 2090. The lowest BCUT2D eigenvalue weighted by Gasteiger charge is -2.23. The maximum absolute atomic E-state index is 12.5. The Labute approximate surface area is 364 Å². The van der Waals surface area contributed by atoms with Gasteiger partial charge in [0.25, 0.3) is 5.56 Å². The van der Waals surface area contributed by atoms with E-state index in [4.69, 9.17) is 23.7 Å². The molecular weight excluding hydrogens is 789 g/mol. The van der Waals surface area contributed by atoms with Crippen LogP contribution in [0.4, 0.5) is 0 Å². The standard InChI is InChI=1S/2C25H31NO5/c27-23-17-19(18-25(24(28)29)12-4-15-31-25)11-13-26(23)14-16-30-22-9-7-21(8-10-22)20-5-2-1-3-6-20;27-24(28)25(12-4-14-31-25)18-19-11-13-26-23(17-19)30-16-15-29-22-9-7-21(8-10-22)20-5-2-1-3-6-20/h7-11,13,17,20H,1-6,12,14-16,18H2,(H,28,29);7-11,13,17,20H,1-6,12,14-16,18H2,(H,27,28). The molecule has 12 nitrogen and oxygen atoms in total. The molecule has 0 bridgehead atoms. The van der Waals surface area contributed by atoms with Crippen LogP contribution in [0.5, 0.6) is 17.4 Å². The predicted molar refractivity (Wildman–Crippen MR) is 234 cm³/mol. The Morgan fingerprint density at radius 3 is 1.61 bits per heavy atom. The van der Waals surface area contributed by atoms with Crippen LogP contribution in [0.1, 0.15) is 124 Å². The number of carboxylic acid groups (broad SMARTS) is 2. The average Bonchev–Trinajstić information content (AvgIpc) is 3.99. The summed E-state index contributed by atoms with van der Waals surface area (Å²) in [5.41, 5.74) is 1.83. The van der Waals surface area contributed by atoms with Crippen LogP contribution in [0.2, 0.25) is 0 Å². The van der Waals surface area contributed by atoms with Gasteiger partial charge in [-0.1, -0.05) is 62.8 Å². The second-order valence-corrected chi connectivity index (χ2v) is 17.3. The van der Waals surface area contributed by atoms with E-state index in [2.05, 4.69) is 29.2 Å². The monoisotopic (exact) mass is 850 g/mol. The molecule has 2 aliphatic carbocycles. The smallest absolute Gasteiger partial charge is 0.336 e. The molecule has 4 heterocycles. The molecule has 2 aromatic carbocycles. The molecular formula is C50H62N2O10. The number of pyridine rings is 2. The molecule has 0 spiro atoms. The minimum absolute atomic E-state index is 0.160. The lowest BCUT2D eigenvalue weighted by atomic mass is 9.84.